The van der Waals surface area contributed by atoms with Gasteiger partial charge in [-0.05, 0) is 57.4 Å². The summed E-state index contributed by atoms with van der Waals surface area (Å²) < 4.78 is 11.3. The number of nitrogens with zero attached hydrogens (tertiary/aromatic N) is 1. The van der Waals surface area contributed by atoms with Gasteiger partial charge in [0.2, 0.25) is 0 Å². The summed E-state index contributed by atoms with van der Waals surface area (Å²) in [5.74, 6) is 0.540. The number of hydrogen-bond donors (Lipinski definition) is 1. The summed E-state index contributed by atoms with van der Waals surface area (Å²) in [7, 11) is 0. The number of rotatable bonds is 6. The zero-order chi connectivity index (χ0) is 17.9. The number of carbonyl (C=O) groups excluding carboxylic acids is 1. The van der Waals surface area contributed by atoms with Gasteiger partial charge in [0.05, 0.1) is 13.2 Å². The van der Waals surface area contributed by atoms with Crippen LogP contribution in [0.4, 0.5) is 0 Å². The van der Waals surface area contributed by atoms with Crippen molar-refractivity contribution in [1.29, 1.82) is 0 Å². The predicted octanol–water partition coefficient (Wildman–Crippen LogP) is 2.87. The minimum absolute atomic E-state index is 0.0930. The SMILES string of the molecule is CC(C)(Oc1ccc(Cl)cc1)C(=O)NCC1(N2CCOCC2)CCC1. The molecule has 3 rings (SSSR count). The quantitative estimate of drug-likeness (QED) is 0.841. The third-order valence-electron chi connectivity index (χ3n) is 5.28. The molecule has 1 aromatic rings. The number of halogens is 1. The number of carbonyl (C=O) groups is 1. The first-order valence-electron chi connectivity index (χ1n) is 8.97. The molecule has 1 heterocycles. The highest BCUT2D eigenvalue weighted by molar-refractivity contribution is 6.30. The summed E-state index contributed by atoms with van der Waals surface area (Å²) in [6.07, 6.45) is 3.48. The van der Waals surface area contributed by atoms with E-state index in [1.165, 1.54) is 6.42 Å². The second-order valence-corrected chi connectivity index (χ2v) is 7.86. The van der Waals surface area contributed by atoms with Crippen LogP contribution in [0.15, 0.2) is 24.3 Å². The maximum Gasteiger partial charge on any atom is 0.263 e. The minimum Gasteiger partial charge on any atom is -0.478 e. The lowest BCUT2D eigenvalue weighted by Crippen LogP contribution is -2.63. The van der Waals surface area contributed by atoms with E-state index in [0.29, 0.717) is 17.3 Å². The van der Waals surface area contributed by atoms with E-state index in [9.17, 15) is 4.79 Å². The first kappa shape index (κ1) is 18.5. The van der Waals surface area contributed by atoms with Crippen molar-refractivity contribution in [2.75, 3.05) is 32.8 Å². The van der Waals surface area contributed by atoms with Gasteiger partial charge >= 0.3 is 0 Å². The van der Waals surface area contributed by atoms with Crippen LogP contribution in [0.3, 0.4) is 0 Å². The van der Waals surface area contributed by atoms with Gasteiger partial charge in [0.25, 0.3) is 5.91 Å². The van der Waals surface area contributed by atoms with Gasteiger partial charge in [-0.1, -0.05) is 11.6 Å². The van der Waals surface area contributed by atoms with Crippen molar-refractivity contribution in [1.82, 2.24) is 10.2 Å². The van der Waals surface area contributed by atoms with Crippen molar-refractivity contribution >= 4 is 17.5 Å². The molecule has 0 radical (unpaired) electrons. The molecule has 5 nitrogen and oxygen atoms in total. The zero-order valence-electron chi connectivity index (χ0n) is 15.0. The fourth-order valence-corrected chi connectivity index (χ4v) is 3.65. The highest BCUT2D eigenvalue weighted by atomic mass is 35.5. The van der Waals surface area contributed by atoms with Crippen molar-refractivity contribution < 1.29 is 14.3 Å². The lowest BCUT2D eigenvalue weighted by molar-refractivity contribution is -0.136. The summed E-state index contributed by atoms with van der Waals surface area (Å²) in [6, 6.07) is 7.07. The number of benzene rings is 1. The highest BCUT2D eigenvalue weighted by Crippen LogP contribution is 2.37. The summed E-state index contributed by atoms with van der Waals surface area (Å²) in [5.41, 5.74) is -0.848. The molecule has 1 N–H and O–H groups in total. The average Bonchev–Trinajstić information content (AvgIpc) is 2.56. The van der Waals surface area contributed by atoms with Gasteiger partial charge in [0, 0.05) is 30.2 Å². The lowest BCUT2D eigenvalue weighted by Gasteiger charge is -2.52. The van der Waals surface area contributed by atoms with Gasteiger partial charge < -0.3 is 14.8 Å². The van der Waals surface area contributed by atoms with Crippen LogP contribution in [0.1, 0.15) is 33.1 Å². The number of nitrogens with one attached hydrogen (secondary N) is 1. The van der Waals surface area contributed by atoms with E-state index in [0.717, 1.165) is 39.1 Å². The number of morpholine rings is 1. The highest BCUT2D eigenvalue weighted by Gasteiger charge is 2.44. The molecular weight excluding hydrogens is 340 g/mol. The maximum absolute atomic E-state index is 12.7. The van der Waals surface area contributed by atoms with Crippen molar-refractivity contribution in [2.24, 2.45) is 0 Å². The molecule has 2 aliphatic rings. The van der Waals surface area contributed by atoms with Crippen molar-refractivity contribution in [3.63, 3.8) is 0 Å². The first-order chi connectivity index (χ1) is 11.9. The Balaban J connectivity index is 1.57. The second kappa shape index (κ2) is 7.52. The molecule has 25 heavy (non-hydrogen) atoms. The average molecular weight is 367 g/mol. The standard InChI is InChI=1S/C19H27ClN2O3/c1-18(2,25-16-6-4-15(20)5-7-16)17(23)21-14-19(8-3-9-19)22-10-12-24-13-11-22/h4-7H,3,8-14H2,1-2H3,(H,21,23). The number of ether oxygens (including phenoxy) is 2. The van der Waals surface area contributed by atoms with Crippen LogP contribution in [0.5, 0.6) is 5.75 Å². The van der Waals surface area contributed by atoms with Gasteiger partial charge in [0.15, 0.2) is 5.60 Å². The van der Waals surface area contributed by atoms with E-state index in [1.54, 1.807) is 38.1 Å². The van der Waals surface area contributed by atoms with Crippen LogP contribution in [0.2, 0.25) is 5.02 Å². The molecule has 6 heteroatoms. The Morgan fingerprint density at radius 1 is 1.28 bits per heavy atom. The third-order valence-corrected chi connectivity index (χ3v) is 5.53. The van der Waals surface area contributed by atoms with Crippen molar-refractivity contribution in [3.05, 3.63) is 29.3 Å². The van der Waals surface area contributed by atoms with Crippen LogP contribution in [0.25, 0.3) is 0 Å². The summed E-state index contributed by atoms with van der Waals surface area (Å²) in [5, 5.41) is 3.77. The Kier molecular flexibility index (Phi) is 5.56. The zero-order valence-corrected chi connectivity index (χ0v) is 15.8. The molecule has 138 valence electrons. The Labute approximate surface area is 154 Å². The molecule has 0 atom stereocenters. The van der Waals surface area contributed by atoms with Crippen molar-refractivity contribution in [3.8, 4) is 5.75 Å². The topological polar surface area (TPSA) is 50.8 Å². The monoisotopic (exact) mass is 366 g/mol. The fraction of sp³-hybridized carbons (Fsp3) is 0.632. The molecule has 0 unspecified atom stereocenters. The van der Waals surface area contributed by atoms with Crippen LogP contribution in [0, 0.1) is 0 Å². The summed E-state index contributed by atoms with van der Waals surface area (Å²) in [4.78, 5) is 15.2. The Hall–Kier alpha value is -1.30. The van der Waals surface area contributed by atoms with E-state index in [1.807, 2.05) is 0 Å². The van der Waals surface area contributed by atoms with E-state index in [-0.39, 0.29) is 11.4 Å². The largest absolute Gasteiger partial charge is 0.478 e. The molecule has 1 saturated heterocycles. The maximum atomic E-state index is 12.7. The Bertz CT molecular complexity index is 593. The minimum atomic E-state index is -0.941. The lowest BCUT2D eigenvalue weighted by atomic mass is 9.74. The van der Waals surface area contributed by atoms with Gasteiger partial charge in [-0.25, -0.2) is 0 Å². The molecule has 1 amide bonds. The van der Waals surface area contributed by atoms with E-state index in [2.05, 4.69) is 10.2 Å². The molecule has 0 spiro atoms. The van der Waals surface area contributed by atoms with E-state index >= 15 is 0 Å². The van der Waals surface area contributed by atoms with Gasteiger partial charge in [0.1, 0.15) is 5.75 Å². The summed E-state index contributed by atoms with van der Waals surface area (Å²) in [6.45, 7) is 7.69. The van der Waals surface area contributed by atoms with Gasteiger partial charge in [-0.2, -0.15) is 0 Å². The molecular formula is C19H27ClN2O3. The van der Waals surface area contributed by atoms with Crippen LogP contribution in [-0.4, -0.2) is 54.8 Å². The first-order valence-corrected chi connectivity index (χ1v) is 9.35. The molecule has 1 aliphatic carbocycles. The molecule has 0 aromatic heterocycles. The molecule has 1 aromatic carbocycles. The smallest absolute Gasteiger partial charge is 0.263 e. The molecule has 2 fully saturated rings. The molecule has 0 bridgehead atoms. The van der Waals surface area contributed by atoms with Gasteiger partial charge in [-0.3, -0.25) is 9.69 Å². The Morgan fingerprint density at radius 2 is 1.92 bits per heavy atom. The van der Waals surface area contributed by atoms with E-state index < -0.39 is 5.60 Å². The third kappa shape index (κ3) is 4.27. The molecule has 1 aliphatic heterocycles. The summed E-state index contributed by atoms with van der Waals surface area (Å²) >= 11 is 5.89. The van der Waals surface area contributed by atoms with E-state index in [4.69, 9.17) is 21.1 Å². The van der Waals surface area contributed by atoms with Crippen LogP contribution >= 0.6 is 11.6 Å². The van der Waals surface area contributed by atoms with Crippen LogP contribution in [-0.2, 0) is 9.53 Å². The second-order valence-electron chi connectivity index (χ2n) is 7.43. The number of hydrogen-bond acceptors (Lipinski definition) is 4. The van der Waals surface area contributed by atoms with Gasteiger partial charge in [-0.15, -0.1) is 0 Å². The fourth-order valence-electron chi connectivity index (χ4n) is 3.53. The van der Waals surface area contributed by atoms with Crippen LogP contribution < -0.4 is 10.1 Å². The Morgan fingerprint density at radius 3 is 2.48 bits per heavy atom. The molecule has 1 saturated carbocycles. The predicted molar refractivity (Wildman–Crippen MR) is 98.1 cm³/mol. The van der Waals surface area contributed by atoms with Crippen molar-refractivity contribution in [2.45, 2.75) is 44.2 Å². The normalized spacial score (nSPS) is 20.6. The number of amides is 1.